The number of hydrogen-bond acceptors (Lipinski definition) is 2. The molecule has 5 nitrogen and oxygen atoms in total. The fourth-order valence-corrected chi connectivity index (χ4v) is 3.78. The molecule has 0 fully saturated rings. The summed E-state index contributed by atoms with van der Waals surface area (Å²) < 4.78 is 1.64. The van der Waals surface area contributed by atoms with E-state index < -0.39 is 0 Å². The van der Waals surface area contributed by atoms with Gasteiger partial charge in [0.05, 0.1) is 0 Å². The predicted molar refractivity (Wildman–Crippen MR) is 112 cm³/mol. The van der Waals surface area contributed by atoms with E-state index in [4.69, 9.17) is 11.6 Å². The van der Waals surface area contributed by atoms with Gasteiger partial charge in [-0.25, -0.2) is 0 Å². The van der Waals surface area contributed by atoms with Crippen molar-refractivity contribution in [3.05, 3.63) is 89.3 Å². The molecular formula is C22H21ClN4O. The molecule has 0 saturated carbocycles. The maximum absolute atomic E-state index is 12.7. The third kappa shape index (κ3) is 3.53. The number of carbonyl (C=O) groups excluding carboxylic acids is 1. The highest BCUT2D eigenvalue weighted by Crippen LogP contribution is 2.34. The van der Waals surface area contributed by atoms with Gasteiger partial charge in [0.15, 0.2) is 0 Å². The summed E-state index contributed by atoms with van der Waals surface area (Å²) in [6, 6.07) is 17.3. The van der Waals surface area contributed by atoms with Gasteiger partial charge in [-0.1, -0.05) is 48.0 Å². The number of nitrogens with zero attached hydrogens (tertiary/aromatic N) is 2. The summed E-state index contributed by atoms with van der Waals surface area (Å²) in [5.74, 6) is -0.154. The monoisotopic (exact) mass is 392 g/mol. The number of carbonyl (C=O) groups is 1. The Morgan fingerprint density at radius 2 is 1.93 bits per heavy atom. The van der Waals surface area contributed by atoms with Gasteiger partial charge in [0.1, 0.15) is 6.04 Å². The molecule has 1 amide bonds. The summed E-state index contributed by atoms with van der Waals surface area (Å²) in [4.78, 5) is 16.0. The van der Waals surface area contributed by atoms with Gasteiger partial charge in [-0.3, -0.25) is 9.48 Å². The van der Waals surface area contributed by atoms with E-state index in [-0.39, 0.29) is 17.9 Å². The third-order valence-corrected chi connectivity index (χ3v) is 5.40. The second-order valence-corrected chi connectivity index (χ2v) is 7.18. The van der Waals surface area contributed by atoms with Crippen molar-refractivity contribution >= 4 is 28.4 Å². The Kier molecular flexibility index (Phi) is 5.17. The van der Waals surface area contributed by atoms with Crippen LogP contribution in [0.15, 0.2) is 73.2 Å². The average molecular weight is 393 g/mol. The number of halogens is 1. The van der Waals surface area contributed by atoms with E-state index in [9.17, 15) is 4.79 Å². The Morgan fingerprint density at radius 1 is 1.14 bits per heavy atom. The number of H-pyrrole nitrogens is 1. The first-order valence-electron chi connectivity index (χ1n) is 9.22. The SMILES string of the molecule is CC(C(=O)NCC(c1ccccc1Cl)c1c[nH]c2ccccc12)n1cccn1. The van der Waals surface area contributed by atoms with Gasteiger partial charge < -0.3 is 10.3 Å². The van der Waals surface area contributed by atoms with E-state index in [0.717, 1.165) is 22.0 Å². The molecule has 142 valence electrons. The fourth-order valence-electron chi connectivity index (χ4n) is 3.51. The molecule has 6 heteroatoms. The van der Waals surface area contributed by atoms with Crippen molar-refractivity contribution in [3.8, 4) is 0 Å². The lowest BCUT2D eigenvalue weighted by atomic mass is 9.90. The lowest BCUT2D eigenvalue weighted by Crippen LogP contribution is -2.34. The van der Waals surface area contributed by atoms with Gasteiger partial charge in [0.2, 0.25) is 5.91 Å². The van der Waals surface area contributed by atoms with Crippen LogP contribution >= 0.6 is 11.6 Å². The van der Waals surface area contributed by atoms with E-state index in [2.05, 4.69) is 21.5 Å². The van der Waals surface area contributed by atoms with E-state index in [1.54, 1.807) is 17.1 Å². The summed E-state index contributed by atoms with van der Waals surface area (Å²) in [6.45, 7) is 2.27. The highest BCUT2D eigenvalue weighted by atomic mass is 35.5. The lowest BCUT2D eigenvalue weighted by molar-refractivity contribution is -0.124. The Bertz CT molecular complexity index is 1090. The first-order valence-corrected chi connectivity index (χ1v) is 9.60. The first-order chi connectivity index (χ1) is 13.6. The van der Waals surface area contributed by atoms with Gasteiger partial charge in [-0.15, -0.1) is 0 Å². The molecule has 2 unspecified atom stereocenters. The smallest absolute Gasteiger partial charge is 0.244 e. The number of aromatic nitrogens is 3. The lowest BCUT2D eigenvalue weighted by Gasteiger charge is -2.21. The normalized spacial score (nSPS) is 13.4. The summed E-state index contributed by atoms with van der Waals surface area (Å²) >= 11 is 6.51. The largest absolute Gasteiger partial charge is 0.361 e. The molecule has 0 spiro atoms. The molecule has 2 aromatic heterocycles. The second kappa shape index (κ2) is 7.90. The van der Waals surface area contributed by atoms with Crippen molar-refractivity contribution in [3.63, 3.8) is 0 Å². The van der Waals surface area contributed by atoms with E-state index in [1.807, 2.05) is 61.7 Å². The zero-order valence-corrected chi connectivity index (χ0v) is 16.2. The number of rotatable bonds is 6. The fraction of sp³-hybridized carbons (Fsp3) is 0.182. The molecule has 2 heterocycles. The topological polar surface area (TPSA) is 62.7 Å². The van der Waals surface area contributed by atoms with Crippen LogP contribution in [-0.2, 0) is 4.79 Å². The average Bonchev–Trinajstić information content (AvgIpc) is 3.39. The highest BCUT2D eigenvalue weighted by Gasteiger charge is 2.23. The van der Waals surface area contributed by atoms with Gasteiger partial charge in [0.25, 0.3) is 0 Å². The number of nitrogens with one attached hydrogen (secondary N) is 2. The molecule has 4 aromatic rings. The molecule has 28 heavy (non-hydrogen) atoms. The van der Waals surface area contributed by atoms with Crippen molar-refractivity contribution in [1.29, 1.82) is 0 Å². The maximum atomic E-state index is 12.7. The molecule has 0 bridgehead atoms. The van der Waals surface area contributed by atoms with Crippen molar-refractivity contribution < 1.29 is 4.79 Å². The van der Waals surface area contributed by atoms with Crippen LogP contribution in [0, 0.1) is 0 Å². The van der Waals surface area contributed by atoms with Crippen LogP contribution in [0.4, 0.5) is 0 Å². The molecule has 2 atom stereocenters. The van der Waals surface area contributed by atoms with Crippen molar-refractivity contribution in [1.82, 2.24) is 20.1 Å². The number of hydrogen-bond donors (Lipinski definition) is 2. The van der Waals surface area contributed by atoms with Gasteiger partial charge in [-0.05, 0) is 36.2 Å². The van der Waals surface area contributed by atoms with Gasteiger partial charge in [0, 0.05) is 47.0 Å². The molecule has 0 radical (unpaired) electrons. The minimum atomic E-state index is -0.384. The summed E-state index contributed by atoms with van der Waals surface area (Å²) in [5, 5.41) is 9.05. The van der Waals surface area contributed by atoms with Crippen molar-refractivity contribution in [2.45, 2.75) is 18.9 Å². The Morgan fingerprint density at radius 3 is 2.71 bits per heavy atom. The Hall–Kier alpha value is -3.05. The molecule has 0 aliphatic rings. The number of para-hydroxylation sites is 1. The van der Waals surface area contributed by atoms with E-state index >= 15 is 0 Å². The number of benzene rings is 2. The Labute approximate surface area is 168 Å². The minimum absolute atomic E-state index is 0.0707. The molecule has 2 aromatic carbocycles. The third-order valence-electron chi connectivity index (χ3n) is 5.06. The molecule has 0 aliphatic heterocycles. The van der Waals surface area contributed by atoms with E-state index in [0.29, 0.717) is 11.6 Å². The minimum Gasteiger partial charge on any atom is -0.361 e. The summed E-state index contributed by atoms with van der Waals surface area (Å²) in [5.41, 5.74) is 3.16. The van der Waals surface area contributed by atoms with Crippen LogP contribution in [0.3, 0.4) is 0 Å². The zero-order chi connectivity index (χ0) is 19.5. The first kappa shape index (κ1) is 18.3. The summed E-state index contributed by atoms with van der Waals surface area (Å²) in [7, 11) is 0. The van der Waals surface area contributed by atoms with Gasteiger partial charge in [-0.2, -0.15) is 5.10 Å². The van der Waals surface area contributed by atoms with Gasteiger partial charge >= 0.3 is 0 Å². The van der Waals surface area contributed by atoms with Crippen LogP contribution in [0.2, 0.25) is 5.02 Å². The predicted octanol–water partition coefficient (Wildman–Crippen LogP) is 4.53. The van der Waals surface area contributed by atoms with E-state index in [1.165, 1.54) is 0 Å². The summed E-state index contributed by atoms with van der Waals surface area (Å²) in [6.07, 6.45) is 5.46. The van der Waals surface area contributed by atoms with Crippen LogP contribution < -0.4 is 5.32 Å². The van der Waals surface area contributed by atoms with Crippen LogP contribution in [0.1, 0.15) is 30.0 Å². The van der Waals surface area contributed by atoms with Crippen LogP contribution in [0.5, 0.6) is 0 Å². The van der Waals surface area contributed by atoms with Crippen LogP contribution in [0.25, 0.3) is 10.9 Å². The highest BCUT2D eigenvalue weighted by molar-refractivity contribution is 6.31. The molecule has 0 aliphatic carbocycles. The molecular weight excluding hydrogens is 372 g/mol. The number of aromatic amines is 1. The van der Waals surface area contributed by atoms with Crippen molar-refractivity contribution in [2.75, 3.05) is 6.54 Å². The standard InChI is InChI=1S/C22H21ClN4O/c1-15(27-12-6-11-26-27)22(28)25-14-18(16-7-2-4-9-20(16)23)19-13-24-21-10-5-3-8-17(19)21/h2-13,15,18,24H,14H2,1H3,(H,25,28). The van der Waals surface area contributed by atoms with Crippen LogP contribution in [-0.4, -0.2) is 27.2 Å². The second-order valence-electron chi connectivity index (χ2n) is 6.77. The quantitative estimate of drug-likeness (QED) is 0.506. The number of fused-ring (bicyclic) bond motifs is 1. The Balaban J connectivity index is 1.64. The van der Waals surface area contributed by atoms with Crippen molar-refractivity contribution in [2.24, 2.45) is 0 Å². The maximum Gasteiger partial charge on any atom is 0.244 e. The zero-order valence-electron chi connectivity index (χ0n) is 15.5. The molecule has 4 rings (SSSR count). The molecule has 2 N–H and O–H groups in total. The molecule has 0 saturated heterocycles. The number of amides is 1.